The third-order valence-electron chi connectivity index (χ3n) is 5.20. The summed E-state index contributed by atoms with van der Waals surface area (Å²) < 4.78 is 2.02. The molecular formula is C17H31IN6. The summed E-state index contributed by atoms with van der Waals surface area (Å²) in [7, 11) is 2.01. The van der Waals surface area contributed by atoms with Gasteiger partial charge in [-0.15, -0.1) is 34.2 Å². The van der Waals surface area contributed by atoms with E-state index in [9.17, 15) is 0 Å². The van der Waals surface area contributed by atoms with Gasteiger partial charge in [0.05, 0.1) is 0 Å². The first-order chi connectivity index (χ1) is 11.1. The van der Waals surface area contributed by atoms with E-state index in [1.54, 1.807) is 0 Å². The van der Waals surface area contributed by atoms with E-state index < -0.39 is 0 Å². The second-order valence-electron chi connectivity index (χ2n) is 7.18. The zero-order valence-corrected chi connectivity index (χ0v) is 17.5. The second kappa shape index (κ2) is 9.01. The standard InChI is InChI=1S/C17H30N6.HI/c1-13-7-6-10-23(12-13)17(19-15-8-4-5-9-15)18-11-16-21-20-14(2)22(16)3;/h13,15H,4-12H2,1-3H3,(H,18,19);1H. The Morgan fingerprint density at radius 1 is 1.21 bits per heavy atom. The SMILES string of the molecule is Cc1nnc(CN=C(NC2CCCC2)N2CCCC(C)C2)n1C.I. The molecule has 1 saturated heterocycles. The molecule has 6 nitrogen and oxygen atoms in total. The molecule has 1 atom stereocenters. The molecule has 0 radical (unpaired) electrons. The molecule has 2 fully saturated rings. The Morgan fingerprint density at radius 3 is 2.58 bits per heavy atom. The lowest BCUT2D eigenvalue weighted by Gasteiger charge is -2.34. The fraction of sp³-hybridized carbons (Fsp3) is 0.824. The highest BCUT2D eigenvalue weighted by molar-refractivity contribution is 14.0. The molecule has 7 heteroatoms. The molecule has 1 aromatic rings. The summed E-state index contributed by atoms with van der Waals surface area (Å²) >= 11 is 0. The summed E-state index contributed by atoms with van der Waals surface area (Å²) in [6, 6.07) is 0.590. The lowest BCUT2D eigenvalue weighted by atomic mass is 10.0. The number of hydrogen-bond acceptors (Lipinski definition) is 3. The van der Waals surface area contributed by atoms with Gasteiger partial charge in [-0.05, 0) is 38.5 Å². The fourth-order valence-corrected chi connectivity index (χ4v) is 3.61. The van der Waals surface area contributed by atoms with Crippen LogP contribution >= 0.6 is 24.0 Å². The van der Waals surface area contributed by atoms with E-state index in [1.807, 2.05) is 18.5 Å². The normalized spacial score (nSPS) is 22.5. The number of likely N-dealkylation sites (tertiary alicyclic amines) is 1. The lowest BCUT2D eigenvalue weighted by molar-refractivity contribution is 0.263. The largest absolute Gasteiger partial charge is 0.353 e. The van der Waals surface area contributed by atoms with Gasteiger partial charge >= 0.3 is 0 Å². The highest BCUT2D eigenvalue weighted by atomic mass is 127. The average molecular weight is 446 g/mol. The number of aryl methyl sites for hydroxylation is 1. The van der Waals surface area contributed by atoms with E-state index in [1.165, 1.54) is 38.5 Å². The van der Waals surface area contributed by atoms with Crippen LogP contribution in [0.4, 0.5) is 0 Å². The maximum absolute atomic E-state index is 4.90. The van der Waals surface area contributed by atoms with Gasteiger partial charge in [0.2, 0.25) is 0 Å². The minimum absolute atomic E-state index is 0. The van der Waals surface area contributed by atoms with Crippen LogP contribution in [0.1, 0.15) is 57.1 Å². The summed E-state index contributed by atoms with van der Waals surface area (Å²) in [6.07, 6.45) is 7.80. The van der Waals surface area contributed by atoms with Crippen molar-refractivity contribution in [3.63, 3.8) is 0 Å². The fourth-order valence-electron chi connectivity index (χ4n) is 3.61. The molecule has 0 spiro atoms. The number of aromatic nitrogens is 3. The number of guanidine groups is 1. The van der Waals surface area contributed by atoms with Crippen LogP contribution in [0.5, 0.6) is 0 Å². The summed E-state index contributed by atoms with van der Waals surface area (Å²) in [4.78, 5) is 7.34. The molecule has 136 valence electrons. The Labute approximate surface area is 162 Å². The first-order valence-corrected chi connectivity index (χ1v) is 9.04. The van der Waals surface area contributed by atoms with Gasteiger partial charge in [0.25, 0.3) is 0 Å². The number of halogens is 1. The molecule has 0 bridgehead atoms. The quantitative estimate of drug-likeness (QED) is 0.441. The second-order valence-corrected chi connectivity index (χ2v) is 7.18. The van der Waals surface area contributed by atoms with Crippen LogP contribution in [0.2, 0.25) is 0 Å². The molecule has 2 heterocycles. The van der Waals surface area contributed by atoms with Crippen molar-refractivity contribution >= 4 is 29.9 Å². The van der Waals surface area contributed by atoms with Gasteiger partial charge in [0.1, 0.15) is 12.4 Å². The molecule has 1 unspecified atom stereocenters. The Balaban J connectivity index is 0.00000208. The number of rotatable bonds is 3. The van der Waals surface area contributed by atoms with Crippen LogP contribution in [0.3, 0.4) is 0 Å². The van der Waals surface area contributed by atoms with Crippen molar-refractivity contribution in [2.45, 2.75) is 65.0 Å². The van der Waals surface area contributed by atoms with Gasteiger partial charge in [-0.1, -0.05) is 19.8 Å². The first kappa shape index (κ1) is 19.5. The number of aliphatic imine (C=N–C) groups is 1. The predicted octanol–water partition coefficient (Wildman–Crippen LogP) is 2.86. The Hall–Kier alpha value is -0.860. The number of nitrogens with zero attached hydrogens (tertiary/aromatic N) is 5. The highest BCUT2D eigenvalue weighted by Gasteiger charge is 2.23. The molecule has 1 aliphatic heterocycles. The zero-order chi connectivity index (χ0) is 16.2. The highest BCUT2D eigenvalue weighted by Crippen LogP contribution is 2.20. The Bertz CT molecular complexity index is 549. The molecular weight excluding hydrogens is 415 g/mol. The van der Waals surface area contributed by atoms with Crippen LogP contribution in [-0.4, -0.2) is 44.8 Å². The number of nitrogens with one attached hydrogen (secondary N) is 1. The molecule has 3 rings (SSSR count). The molecule has 0 amide bonds. The summed E-state index contributed by atoms with van der Waals surface area (Å²) in [6.45, 7) is 7.13. The average Bonchev–Trinajstić information content (AvgIpc) is 3.16. The first-order valence-electron chi connectivity index (χ1n) is 9.04. The monoisotopic (exact) mass is 446 g/mol. The molecule has 2 aliphatic rings. The van der Waals surface area contributed by atoms with E-state index >= 15 is 0 Å². The summed E-state index contributed by atoms with van der Waals surface area (Å²) in [5, 5.41) is 12.1. The van der Waals surface area contributed by atoms with Gasteiger partial charge in [-0.3, -0.25) is 0 Å². The van der Waals surface area contributed by atoms with E-state index in [0.29, 0.717) is 12.6 Å². The van der Waals surface area contributed by atoms with E-state index in [0.717, 1.165) is 36.6 Å². The summed E-state index contributed by atoms with van der Waals surface area (Å²) in [5.74, 6) is 3.69. The van der Waals surface area contributed by atoms with E-state index in [-0.39, 0.29) is 24.0 Å². The zero-order valence-electron chi connectivity index (χ0n) is 15.2. The van der Waals surface area contributed by atoms with Crippen molar-refractivity contribution in [1.29, 1.82) is 0 Å². The van der Waals surface area contributed by atoms with Crippen molar-refractivity contribution in [3.05, 3.63) is 11.6 Å². The third kappa shape index (κ3) is 4.83. The van der Waals surface area contributed by atoms with Gasteiger partial charge in [-0.25, -0.2) is 4.99 Å². The molecule has 1 N–H and O–H groups in total. The van der Waals surface area contributed by atoms with Crippen LogP contribution in [0, 0.1) is 12.8 Å². The minimum atomic E-state index is 0. The van der Waals surface area contributed by atoms with Crippen molar-refractivity contribution in [3.8, 4) is 0 Å². The van der Waals surface area contributed by atoms with Gasteiger partial charge in [0.15, 0.2) is 11.8 Å². The van der Waals surface area contributed by atoms with Crippen LogP contribution in [-0.2, 0) is 13.6 Å². The lowest BCUT2D eigenvalue weighted by Crippen LogP contribution is -2.49. The van der Waals surface area contributed by atoms with Crippen LogP contribution in [0.25, 0.3) is 0 Å². The van der Waals surface area contributed by atoms with Gasteiger partial charge in [-0.2, -0.15) is 0 Å². The van der Waals surface area contributed by atoms with Crippen molar-refractivity contribution in [2.24, 2.45) is 18.0 Å². The van der Waals surface area contributed by atoms with Gasteiger partial charge in [0, 0.05) is 26.2 Å². The Morgan fingerprint density at radius 2 is 1.96 bits per heavy atom. The maximum atomic E-state index is 4.90. The molecule has 1 saturated carbocycles. The number of hydrogen-bond donors (Lipinski definition) is 1. The minimum Gasteiger partial charge on any atom is -0.353 e. The van der Waals surface area contributed by atoms with Crippen molar-refractivity contribution < 1.29 is 0 Å². The Kier molecular flexibility index (Phi) is 7.31. The van der Waals surface area contributed by atoms with Crippen molar-refractivity contribution in [2.75, 3.05) is 13.1 Å². The third-order valence-corrected chi connectivity index (χ3v) is 5.20. The van der Waals surface area contributed by atoms with E-state index in [4.69, 9.17) is 4.99 Å². The molecule has 24 heavy (non-hydrogen) atoms. The number of piperidine rings is 1. The van der Waals surface area contributed by atoms with E-state index in [2.05, 4.69) is 27.3 Å². The molecule has 1 aromatic heterocycles. The van der Waals surface area contributed by atoms with Crippen LogP contribution < -0.4 is 5.32 Å². The molecule has 1 aliphatic carbocycles. The smallest absolute Gasteiger partial charge is 0.194 e. The predicted molar refractivity (Wildman–Crippen MR) is 108 cm³/mol. The van der Waals surface area contributed by atoms with Crippen LogP contribution in [0.15, 0.2) is 4.99 Å². The topological polar surface area (TPSA) is 58.3 Å². The summed E-state index contributed by atoms with van der Waals surface area (Å²) in [5.41, 5.74) is 0. The maximum Gasteiger partial charge on any atom is 0.194 e. The molecule has 0 aromatic carbocycles. The van der Waals surface area contributed by atoms with Gasteiger partial charge < -0.3 is 14.8 Å². The van der Waals surface area contributed by atoms with Crippen molar-refractivity contribution in [1.82, 2.24) is 25.0 Å².